The van der Waals surface area contributed by atoms with Crippen LogP contribution in [0.15, 0.2) is 22.7 Å². The van der Waals surface area contributed by atoms with E-state index in [-0.39, 0.29) is 24.6 Å². The van der Waals surface area contributed by atoms with Crippen LogP contribution in [0, 0.1) is 5.82 Å². The summed E-state index contributed by atoms with van der Waals surface area (Å²) in [7, 11) is 3.01. The van der Waals surface area contributed by atoms with Gasteiger partial charge in [0.2, 0.25) is 0 Å². The Morgan fingerprint density at radius 1 is 1.61 bits per heavy atom. The zero-order chi connectivity index (χ0) is 13.7. The molecule has 0 bridgehead atoms. The van der Waals surface area contributed by atoms with E-state index >= 15 is 0 Å². The SMILES string of the molecule is COCC(O)CN(C)C(=O)c1cc(F)ccc1Br. The second-order valence-electron chi connectivity index (χ2n) is 3.92. The van der Waals surface area contributed by atoms with Crippen molar-refractivity contribution in [2.45, 2.75) is 6.10 Å². The fourth-order valence-corrected chi connectivity index (χ4v) is 1.93. The molecule has 1 N–H and O–H groups in total. The number of aliphatic hydroxyl groups is 1. The van der Waals surface area contributed by atoms with Gasteiger partial charge in [-0.2, -0.15) is 0 Å². The summed E-state index contributed by atoms with van der Waals surface area (Å²) in [5.41, 5.74) is 0.224. The fourth-order valence-electron chi connectivity index (χ4n) is 1.51. The number of amides is 1. The van der Waals surface area contributed by atoms with Gasteiger partial charge in [-0.3, -0.25) is 4.79 Å². The third-order valence-corrected chi connectivity index (χ3v) is 3.04. The Kier molecular flexibility index (Phi) is 5.71. The molecule has 0 saturated carbocycles. The van der Waals surface area contributed by atoms with Gasteiger partial charge >= 0.3 is 0 Å². The molecule has 100 valence electrons. The van der Waals surface area contributed by atoms with Crippen molar-refractivity contribution in [1.29, 1.82) is 0 Å². The van der Waals surface area contributed by atoms with Crippen LogP contribution in [0.3, 0.4) is 0 Å². The van der Waals surface area contributed by atoms with E-state index in [4.69, 9.17) is 4.74 Å². The van der Waals surface area contributed by atoms with Crippen molar-refractivity contribution in [2.75, 3.05) is 27.3 Å². The maximum Gasteiger partial charge on any atom is 0.254 e. The monoisotopic (exact) mass is 319 g/mol. The first-order valence-corrected chi connectivity index (χ1v) is 6.12. The Hall–Kier alpha value is -0.980. The van der Waals surface area contributed by atoms with Gasteiger partial charge < -0.3 is 14.7 Å². The zero-order valence-electron chi connectivity index (χ0n) is 10.2. The third-order valence-electron chi connectivity index (χ3n) is 2.35. The highest BCUT2D eigenvalue weighted by molar-refractivity contribution is 9.10. The molecule has 0 saturated heterocycles. The van der Waals surface area contributed by atoms with Crippen molar-refractivity contribution in [2.24, 2.45) is 0 Å². The molecular weight excluding hydrogens is 305 g/mol. The summed E-state index contributed by atoms with van der Waals surface area (Å²) in [6.45, 7) is 0.261. The van der Waals surface area contributed by atoms with Crippen LogP contribution in [0.1, 0.15) is 10.4 Å². The quantitative estimate of drug-likeness (QED) is 0.898. The standard InChI is InChI=1S/C12H15BrFNO3/c1-15(6-9(16)7-18-2)12(17)10-5-8(14)3-4-11(10)13/h3-5,9,16H,6-7H2,1-2H3. The number of carbonyl (C=O) groups is 1. The number of nitrogens with zero attached hydrogens (tertiary/aromatic N) is 1. The zero-order valence-corrected chi connectivity index (χ0v) is 11.8. The molecule has 1 amide bonds. The van der Waals surface area contributed by atoms with Gasteiger partial charge in [0.15, 0.2) is 0 Å². The van der Waals surface area contributed by atoms with Crippen molar-refractivity contribution in [3.8, 4) is 0 Å². The second kappa shape index (κ2) is 6.82. The molecule has 1 unspecified atom stereocenters. The van der Waals surface area contributed by atoms with E-state index in [9.17, 15) is 14.3 Å². The lowest BCUT2D eigenvalue weighted by atomic mass is 10.2. The highest BCUT2D eigenvalue weighted by atomic mass is 79.9. The number of aliphatic hydroxyl groups excluding tert-OH is 1. The van der Waals surface area contributed by atoms with E-state index in [1.165, 1.54) is 24.1 Å². The van der Waals surface area contributed by atoms with Crippen molar-refractivity contribution >= 4 is 21.8 Å². The number of ether oxygens (including phenoxy) is 1. The van der Waals surface area contributed by atoms with Gasteiger partial charge in [-0.1, -0.05) is 0 Å². The fraction of sp³-hybridized carbons (Fsp3) is 0.417. The van der Waals surface area contributed by atoms with Gasteiger partial charge in [0.25, 0.3) is 5.91 Å². The number of hydrogen-bond acceptors (Lipinski definition) is 3. The van der Waals surface area contributed by atoms with Gasteiger partial charge in [-0.15, -0.1) is 0 Å². The summed E-state index contributed by atoms with van der Waals surface area (Å²) in [5, 5.41) is 9.53. The number of methoxy groups -OCH3 is 1. The van der Waals surface area contributed by atoms with E-state index in [1.807, 2.05) is 0 Å². The largest absolute Gasteiger partial charge is 0.389 e. The van der Waals surface area contributed by atoms with Gasteiger partial charge in [-0.05, 0) is 34.1 Å². The van der Waals surface area contributed by atoms with Crippen LogP contribution >= 0.6 is 15.9 Å². The third kappa shape index (κ3) is 4.04. The molecule has 4 nitrogen and oxygen atoms in total. The summed E-state index contributed by atoms with van der Waals surface area (Å²) < 4.78 is 18.4. The summed E-state index contributed by atoms with van der Waals surface area (Å²) in [6.07, 6.45) is -0.767. The lowest BCUT2D eigenvalue weighted by molar-refractivity contribution is 0.0379. The number of benzene rings is 1. The molecular formula is C12H15BrFNO3. The van der Waals surface area contributed by atoms with E-state index < -0.39 is 11.9 Å². The number of halogens is 2. The normalized spacial score (nSPS) is 12.3. The van der Waals surface area contributed by atoms with E-state index in [1.54, 1.807) is 7.05 Å². The maximum atomic E-state index is 13.1. The minimum Gasteiger partial charge on any atom is -0.389 e. The predicted molar refractivity (Wildman–Crippen MR) is 68.9 cm³/mol. The number of carbonyl (C=O) groups excluding carboxylic acids is 1. The smallest absolute Gasteiger partial charge is 0.254 e. The molecule has 0 heterocycles. The van der Waals surface area contributed by atoms with E-state index in [0.29, 0.717) is 4.47 Å². The van der Waals surface area contributed by atoms with E-state index in [2.05, 4.69) is 15.9 Å². The lowest BCUT2D eigenvalue weighted by Gasteiger charge is -2.21. The highest BCUT2D eigenvalue weighted by Crippen LogP contribution is 2.19. The molecule has 1 aromatic rings. The molecule has 0 spiro atoms. The highest BCUT2D eigenvalue weighted by Gasteiger charge is 2.18. The van der Waals surface area contributed by atoms with Crippen LogP contribution in [0.25, 0.3) is 0 Å². The molecule has 18 heavy (non-hydrogen) atoms. The van der Waals surface area contributed by atoms with Crippen LogP contribution in [0.5, 0.6) is 0 Å². The Morgan fingerprint density at radius 2 is 2.28 bits per heavy atom. The Bertz CT molecular complexity index is 428. The average molecular weight is 320 g/mol. The van der Waals surface area contributed by atoms with E-state index in [0.717, 1.165) is 6.07 Å². The number of likely N-dealkylation sites (N-methyl/N-ethyl adjacent to an activating group) is 1. The van der Waals surface area contributed by atoms with Crippen molar-refractivity contribution < 1.29 is 19.0 Å². The molecule has 0 aromatic heterocycles. The molecule has 0 radical (unpaired) electrons. The summed E-state index contributed by atoms with van der Waals surface area (Å²) >= 11 is 3.19. The van der Waals surface area contributed by atoms with Crippen molar-refractivity contribution in [3.05, 3.63) is 34.1 Å². The maximum absolute atomic E-state index is 13.1. The van der Waals surface area contributed by atoms with Crippen molar-refractivity contribution in [3.63, 3.8) is 0 Å². The summed E-state index contributed by atoms with van der Waals surface area (Å²) in [5.74, 6) is -0.844. The molecule has 0 fully saturated rings. The molecule has 1 atom stereocenters. The first-order valence-electron chi connectivity index (χ1n) is 5.33. The molecule has 0 aliphatic heterocycles. The van der Waals surface area contributed by atoms with Crippen LogP contribution in [0.2, 0.25) is 0 Å². The molecule has 0 aliphatic rings. The molecule has 6 heteroatoms. The van der Waals surface area contributed by atoms with Gasteiger partial charge in [-0.25, -0.2) is 4.39 Å². The second-order valence-corrected chi connectivity index (χ2v) is 4.77. The minimum absolute atomic E-state index is 0.121. The Morgan fingerprint density at radius 3 is 2.89 bits per heavy atom. The Balaban J connectivity index is 2.77. The number of hydrogen-bond donors (Lipinski definition) is 1. The number of rotatable bonds is 5. The lowest BCUT2D eigenvalue weighted by Crippen LogP contribution is -2.36. The van der Waals surface area contributed by atoms with Gasteiger partial charge in [0.1, 0.15) is 5.82 Å². The predicted octanol–water partition coefficient (Wildman–Crippen LogP) is 1.67. The van der Waals surface area contributed by atoms with Gasteiger partial charge in [0, 0.05) is 25.2 Å². The van der Waals surface area contributed by atoms with Crippen LogP contribution < -0.4 is 0 Å². The topological polar surface area (TPSA) is 49.8 Å². The molecule has 1 rings (SSSR count). The molecule has 0 aliphatic carbocycles. The molecule has 1 aromatic carbocycles. The first kappa shape index (κ1) is 15.1. The average Bonchev–Trinajstić information content (AvgIpc) is 2.31. The summed E-state index contributed by atoms with van der Waals surface area (Å²) in [4.78, 5) is 13.4. The van der Waals surface area contributed by atoms with Crippen LogP contribution in [0.4, 0.5) is 4.39 Å². The van der Waals surface area contributed by atoms with Crippen molar-refractivity contribution in [1.82, 2.24) is 4.90 Å². The minimum atomic E-state index is -0.767. The van der Waals surface area contributed by atoms with Crippen LogP contribution in [-0.4, -0.2) is 49.3 Å². The summed E-state index contributed by atoms with van der Waals surface area (Å²) in [6, 6.07) is 3.90. The Labute approximate surface area is 113 Å². The first-order chi connectivity index (χ1) is 8.45. The van der Waals surface area contributed by atoms with Crippen LogP contribution in [-0.2, 0) is 4.74 Å². The van der Waals surface area contributed by atoms with Gasteiger partial charge in [0.05, 0.1) is 18.3 Å².